The molecule has 0 aromatic carbocycles. The quantitative estimate of drug-likeness (QED) is 0.502. The summed E-state index contributed by atoms with van der Waals surface area (Å²) in [5.41, 5.74) is 0. The summed E-state index contributed by atoms with van der Waals surface area (Å²) in [7, 11) is 0. The van der Waals surface area contributed by atoms with Crippen LogP contribution in [-0.4, -0.2) is 34.4 Å². The largest absolute Gasteiger partial charge is 0.425 e. The highest BCUT2D eigenvalue weighted by Crippen LogP contribution is 2.18. The van der Waals surface area contributed by atoms with Gasteiger partial charge >= 0.3 is 11.3 Å². The van der Waals surface area contributed by atoms with Gasteiger partial charge in [0.05, 0.1) is 11.2 Å². The predicted octanol–water partition coefficient (Wildman–Crippen LogP) is 2.73. The van der Waals surface area contributed by atoms with Crippen molar-refractivity contribution < 1.29 is 28.7 Å². The highest BCUT2D eigenvalue weighted by atomic mass is 32.2. The molecule has 0 aliphatic rings. The molecule has 7 heteroatoms. The molecule has 0 amide bonds. The summed E-state index contributed by atoms with van der Waals surface area (Å²) in [6.07, 6.45) is -0.727. The first-order valence-corrected chi connectivity index (χ1v) is 7.61. The van der Waals surface area contributed by atoms with Crippen LogP contribution in [0.2, 0.25) is 0 Å². The van der Waals surface area contributed by atoms with Crippen molar-refractivity contribution >= 4 is 34.6 Å². The second-order valence-electron chi connectivity index (χ2n) is 4.96. The monoisotopic (exact) mass is 318 g/mol. The summed E-state index contributed by atoms with van der Waals surface area (Å²) >= 11 is 0.710. The van der Waals surface area contributed by atoms with Crippen molar-refractivity contribution in [2.45, 2.75) is 59.0 Å². The molecule has 0 aliphatic heterocycles. The van der Waals surface area contributed by atoms with Crippen molar-refractivity contribution in [3.8, 4) is 0 Å². The molecule has 120 valence electrons. The summed E-state index contributed by atoms with van der Waals surface area (Å²) in [6, 6.07) is 0. The van der Waals surface area contributed by atoms with Crippen molar-refractivity contribution in [2.24, 2.45) is 5.92 Å². The van der Waals surface area contributed by atoms with Gasteiger partial charge in [0.1, 0.15) is 11.6 Å². The lowest BCUT2D eigenvalue weighted by Gasteiger charge is -2.16. The minimum atomic E-state index is -1.00. The lowest BCUT2D eigenvalue weighted by Crippen LogP contribution is -2.24. The van der Waals surface area contributed by atoms with Crippen LogP contribution in [0.15, 0.2) is 0 Å². The molecule has 6 nitrogen and oxygen atoms in total. The van der Waals surface area contributed by atoms with Gasteiger partial charge in [-0.25, -0.2) is 4.79 Å². The fraction of sp³-hybridized carbons (Fsp3) is 0.714. The van der Waals surface area contributed by atoms with Crippen LogP contribution in [0, 0.1) is 5.92 Å². The van der Waals surface area contributed by atoms with Gasteiger partial charge in [0.25, 0.3) is 0 Å². The third-order valence-electron chi connectivity index (χ3n) is 2.47. The van der Waals surface area contributed by atoms with Crippen molar-refractivity contribution in [3.63, 3.8) is 0 Å². The van der Waals surface area contributed by atoms with Crippen molar-refractivity contribution in [3.05, 3.63) is 0 Å². The number of thioether (sulfide) groups is 1. The molecular weight excluding hydrogens is 296 g/mol. The van der Waals surface area contributed by atoms with Gasteiger partial charge in [-0.2, -0.15) is 0 Å². The van der Waals surface area contributed by atoms with Gasteiger partial charge in [-0.05, 0) is 25.6 Å². The molecule has 0 fully saturated rings. The van der Waals surface area contributed by atoms with Gasteiger partial charge in [-0.3, -0.25) is 9.59 Å². The molecule has 0 saturated carbocycles. The summed E-state index contributed by atoms with van der Waals surface area (Å²) in [5, 5.41) is -1.30. The first-order chi connectivity index (χ1) is 9.63. The van der Waals surface area contributed by atoms with Gasteiger partial charge in [-0.1, -0.05) is 13.8 Å². The second kappa shape index (κ2) is 9.55. The Labute approximate surface area is 128 Å². The third kappa shape index (κ3) is 9.23. The second-order valence-corrected chi connectivity index (χ2v) is 6.23. The number of hydrogen-bond acceptors (Lipinski definition) is 7. The van der Waals surface area contributed by atoms with E-state index < -0.39 is 22.8 Å². The molecule has 0 aromatic rings. The van der Waals surface area contributed by atoms with Gasteiger partial charge in [0.15, 0.2) is 0 Å². The van der Waals surface area contributed by atoms with Crippen LogP contribution >= 0.6 is 11.8 Å². The average molecular weight is 318 g/mol. The van der Waals surface area contributed by atoms with E-state index in [1.807, 2.05) is 0 Å². The highest BCUT2D eigenvalue weighted by molar-refractivity contribution is 8.14. The minimum absolute atomic E-state index is 0.0719. The maximum Gasteiger partial charge on any atom is 0.371 e. The van der Waals surface area contributed by atoms with E-state index in [2.05, 4.69) is 0 Å². The van der Waals surface area contributed by atoms with E-state index in [-0.39, 0.29) is 30.3 Å². The molecule has 2 atom stereocenters. The fourth-order valence-corrected chi connectivity index (χ4v) is 1.93. The third-order valence-corrected chi connectivity index (χ3v) is 3.37. The molecule has 1 unspecified atom stereocenters. The van der Waals surface area contributed by atoms with E-state index in [1.165, 1.54) is 13.8 Å². The number of rotatable bonds is 8. The van der Waals surface area contributed by atoms with Crippen molar-refractivity contribution in [2.75, 3.05) is 0 Å². The maximum atomic E-state index is 11.7. The molecule has 0 heterocycles. The first-order valence-electron chi connectivity index (χ1n) is 6.73. The van der Waals surface area contributed by atoms with Crippen molar-refractivity contribution in [1.29, 1.82) is 0 Å². The fourth-order valence-electron chi connectivity index (χ4n) is 1.20. The van der Waals surface area contributed by atoms with Crippen LogP contribution in [0.3, 0.4) is 0 Å². The van der Waals surface area contributed by atoms with Gasteiger partial charge in [0.2, 0.25) is 6.29 Å². The number of ketones is 2. The lowest BCUT2D eigenvalue weighted by molar-refractivity contribution is -0.167. The lowest BCUT2D eigenvalue weighted by atomic mass is 10.1. The van der Waals surface area contributed by atoms with E-state index in [9.17, 15) is 19.2 Å². The molecule has 0 aromatic heterocycles. The Morgan fingerprint density at radius 1 is 0.952 bits per heavy atom. The predicted molar refractivity (Wildman–Crippen MR) is 78.8 cm³/mol. The molecule has 0 aliphatic carbocycles. The zero-order valence-electron chi connectivity index (χ0n) is 13.0. The Balaban J connectivity index is 4.15. The number of carbonyl (C=O) groups is 4. The number of ether oxygens (including phenoxy) is 2. The zero-order valence-corrected chi connectivity index (χ0v) is 13.8. The Kier molecular flexibility index (Phi) is 8.92. The van der Waals surface area contributed by atoms with E-state index in [4.69, 9.17) is 9.47 Å². The maximum absolute atomic E-state index is 11.7. The number of Topliss-reactive ketones (excluding diaryl/α,β-unsaturated/α-hetero) is 2. The van der Waals surface area contributed by atoms with Crippen LogP contribution in [-0.2, 0) is 23.9 Å². The summed E-state index contributed by atoms with van der Waals surface area (Å²) < 4.78 is 9.76. The zero-order chi connectivity index (χ0) is 16.6. The molecule has 0 N–H and O–H groups in total. The summed E-state index contributed by atoms with van der Waals surface area (Å²) in [6.45, 7) is 7.74. The molecular formula is C14H22O6S. The Hall–Kier alpha value is -1.37. The standard InChI is InChI=1S/C14H22O6S/c1-8(2)13(17)19-11(5)20-14(18)21-10(4)12(16)7-6-9(3)15/h8,10-11H,6-7H2,1-5H3/t10?,11-/m0/s1. The number of hydrogen-bond donors (Lipinski definition) is 0. The molecule has 21 heavy (non-hydrogen) atoms. The van der Waals surface area contributed by atoms with Crippen LogP contribution in [0.4, 0.5) is 4.79 Å². The van der Waals surface area contributed by atoms with Gasteiger partial charge in [0, 0.05) is 19.8 Å². The average Bonchev–Trinajstić information content (AvgIpc) is 2.34. The molecule has 0 radical (unpaired) electrons. The van der Waals surface area contributed by atoms with Crippen LogP contribution in [0.1, 0.15) is 47.5 Å². The summed E-state index contributed by atoms with van der Waals surface area (Å²) in [4.78, 5) is 45.4. The molecule has 0 rings (SSSR count). The minimum Gasteiger partial charge on any atom is -0.425 e. The van der Waals surface area contributed by atoms with E-state index in [0.717, 1.165) is 0 Å². The Bertz CT molecular complexity index is 404. The highest BCUT2D eigenvalue weighted by Gasteiger charge is 2.22. The van der Waals surface area contributed by atoms with Crippen LogP contribution in [0.25, 0.3) is 0 Å². The van der Waals surface area contributed by atoms with Crippen LogP contribution in [0.5, 0.6) is 0 Å². The van der Waals surface area contributed by atoms with E-state index >= 15 is 0 Å². The van der Waals surface area contributed by atoms with E-state index in [0.29, 0.717) is 11.8 Å². The Morgan fingerprint density at radius 3 is 2.00 bits per heavy atom. The van der Waals surface area contributed by atoms with E-state index in [1.54, 1.807) is 20.8 Å². The smallest absolute Gasteiger partial charge is 0.371 e. The topological polar surface area (TPSA) is 86.7 Å². The van der Waals surface area contributed by atoms with Crippen molar-refractivity contribution in [1.82, 2.24) is 0 Å². The number of esters is 1. The molecule has 0 spiro atoms. The first kappa shape index (κ1) is 19.6. The number of carbonyl (C=O) groups excluding carboxylic acids is 4. The van der Waals surface area contributed by atoms with Gasteiger partial charge in [-0.15, -0.1) is 0 Å². The van der Waals surface area contributed by atoms with Gasteiger partial charge < -0.3 is 14.3 Å². The summed E-state index contributed by atoms with van der Waals surface area (Å²) in [5.74, 6) is -1.05. The molecule has 0 saturated heterocycles. The normalized spacial score (nSPS) is 13.4. The molecule has 0 bridgehead atoms. The van der Waals surface area contributed by atoms with Crippen LogP contribution < -0.4 is 0 Å². The SMILES string of the molecule is CC(=O)CCC(=O)C(C)SC(=O)O[C@@H](C)OC(=O)C(C)C. The Morgan fingerprint density at radius 2 is 1.52 bits per heavy atom.